The Morgan fingerprint density at radius 3 is 2.43 bits per heavy atom. The average molecular weight is 228 g/mol. The second-order valence-electron chi connectivity index (χ2n) is 2.45. The lowest BCUT2D eigenvalue weighted by Gasteiger charge is -2.12. The average Bonchev–Trinajstić information content (AvgIpc) is 2.53. The second kappa shape index (κ2) is 5.51. The van der Waals surface area contributed by atoms with Crippen molar-refractivity contribution in [1.82, 2.24) is 14.5 Å². The van der Waals surface area contributed by atoms with E-state index in [1.165, 1.54) is 0 Å². The monoisotopic (exact) mass is 227 g/mol. The molecule has 0 atom stereocenters. The third-order valence-corrected chi connectivity index (χ3v) is 2.46. The molecule has 7 heteroatoms. The summed E-state index contributed by atoms with van der Waals surface area (Å²) in [5.74, 6) is 0. The molecular formula is C7H6ClN5S. The third-order valence-electron chi connectivity index (χ3n) is 1.47. The van der Waals surface area contributed by atoms with Crippen LogP contribution in [0.2, 0.25) is 4.34 Å². The lowest BCUT2D eigenvalue weighted by atomic mass is 10.4. The Bertz CT molecular complexity index is 360. The predicted octanol–water partition coefficient (Wildman–Crippen LogP) is 1.04. The summed E-state index contributed by atoms with van der Waals surface area (Å²) < 4.78 is 4.17. The van der Waals surface area contributed by atoms with E-state index in [1.54, 1.807) is 4.90 Å². The molecule has 0 aromatic carbocycles. The van der Waals surface area contributed by atoms with Crippen LogP contribution in [0.15, 0.2) is 0 Å². The zero-order valence-corrected chi connectivity index (χ0v) is 8.72. The maximum Gasteiger partial charge on any atom is 0.138 e. The Hall–Kier alpha value is -1.21. The first-order chi connectivity index (χ1) is 6.77. The van der Waals surface area contributed by atoms with Crippen molar-refractivity contribution in [2.75, 3.05) is 13.1 Å². The number of nitriles is 2. The van der Waals surface area contributed by atoms with E-state index >= 15 is 0 Å². The molecule has 0 unspecified atom stereocenters. The van der Waals surface area contributed by atoms with E-state index in [4.69, 9.17) is 22.1 Å². The molecule has 0 saturated carbocycles. The zero-order valence-electron chi connectivity index (χ0n) is 7.14. The van der Waals surface area contributed by atoms with Crippen molar-refractivity contribution >= 4 is 23.1 Å². The van der Waals surface area contributed by atoms with Crippen molar-refractivity contribution in [3.05, 3.63) is 10.0 Å². The molecule has 14 heavy (non-hydrogen) atoms. The van der Waals surface area contributed by atoms with Crippen LogP contribution in [0.25, 0.3) is 0 Å². The summed E-state index contributed by atoms with van der Waals surface area (Å²) in [5.41, 5.74) is 0.613. The minimum absolute atomic E-state index is 0.182. The van der Waals surface area contributed by atoms with Gasteiger partial charge < -0.3 is 0 Å². The van der Waals surface area contributed by atoms with E-state index in [0.717, 1.165) is 11.5 Å². The fourth-order valence-corrected chi connectivity index (χ4v) is 1.48. The van der Waals surface area contributed by atoms with Crippen LogP contribution in [-0.4, -0.2) is 27.6 Å². The fraction of sp³-hybridized carbons (Fsp3) is 0.429. The molecule has 0 radical (unpaired) electrons. The van der Waals surface area contributed by atoms with Gasteiger partial charge in [-0.25, -0.2) is 0 Å². The molecule has 1 rings (SSSR count). The highest BCUT2D eigenvalue weighted by Gasteiger charge is 2.10. The van der Waals surface area contributed by atoms with Crippen LogP contribution < -0.4 is 0 Å². The summed E-state index contributed by atoms with van der Waals surface area (Å²) in [6, 6.07) is 3.94. The molecule has 0 amide bonds. The molecule has 0 saturated heterocycles. The van der Waals surface area contributed by atoms with E-state index < -0.39 is 0 Å². The van der Waals surface area contributed by atoms with Crippen molar-refractivity contribution in [3.8, 4) is 12.1 Å². The Labute approximate surface area is 90.3 Å². The molecule has 1 heterocycles. The summed E-state index contributed by atoms with van der Waals surface area (Å²) in [6.07, 6.45) is 0. The summed E-state index contributed by atoms with van der Waals surface area (Å²) >= 11 is 6.88. The van der Waals surface area contributed by atoms with Gasteiger partial charge in [0.25, 0.3) is 0 Å². The van der Waals surface area contributed by atoms with Crippen LogP contribution in [0.1, 0.15) is 5.69 Å². The molecule has 0 bridgehead atoms. The van der Waals surface area contributed by atoms with Crippen molar-refractivity contribution < 1.29 is 0 Å². The van der Waals surface area contributed by atoms with Crippen molar-refractivity contribution in [2.45, 2.75) is 6.54 Å². The highest BCUT2D eigenvalue weighted by molar-refractivity contribution is 7.10. The largest absolute Gasteiger partial charge is 0.271 e. The molecule has 1 aromatic heterocycles. The van der Waals surface area contributed by atoms with Gasteiger partial charge in [-0.3, -0.25) is 4.90 Å². The van der Waals surface area contributed by atoms with Crippen LogP contribution in [0.3, 0.4) is 0 Å². The minimum atomic E-state index is 0.182. The number of aromatic nitrogens is 2. The highest BCUT2D eigenvalue weighted by atomic mass is 35.5. The Morgan fingerprint density at radius 2 is 2.00 bits per heavy atom. The molecule has 1 aromatic rings. The van der Waals surface area contributed by atoms with Gasteiger partial charge in [-0.1, -0.05) is 16.1 Å². The minimum Gasteiger partial charge on any atom is -0.271 e. The maximum absolute atomic E-state index is 8.49. The van der Waals surface area contributed by atoms with Crippen LogP contribution in [0, 0.1) is 22.7 Å². The second-order valence-corrected chi connectivity index (χ2v) is 3.81. The number of hydrogen-bond donors (Lipinski definition) is 0. The summed E-state index contributed by atoms with van der Waals surface area (Å²) in [5, 5.41) is 20.8. The van der Waals surface area contributed by atoms with Gasteiger partial charge in [0.1, 0.15) is 10.0 Å². The normalized spacial score (nSPS) is 9.71. The smallest absolute Gasteiger partial charge is 0.138 e. The number of halogens is 1. The molecule has 0 aliphatic carbocycles. The number of rotatable bonds is 4. The molecule has 0 aliphatic rings. The summed E-state index contributed by atoms with van der Waals surface area (Å²) in [6.45, 7) is 0.749. The molecule has 0 N–H and O–H groups in total. The van der Waals surface area contributed by atoms with Gasteiger partial charge in [-0.2, -0.15) is 10.5 Å². The fourth-order valence-electron chi connectivity index (χ4n) is 0.871. The SMILES string of the molecule is N#CCN(CC#N)Cc1nnsc1Cl. The van der Waals surface area contributed by atoms with E-state index in [9.17, 15) is 0 Å². The van der Waals surface area contributed by atoms with Crippen molar-refractivity contribution in [1.29, 1.82) is 10.5 Å². The van der Waals surface area contributed by atoms with Crippen LogP contribution in [0.4, 0.5) is 0 Å². The molecule has 0 spiro atoms. The van der Waals surface area contributed by atoms with E-state index in [1.807, 2.05) is 12.1 Å². The lowest BCUT2D eigenvalue weighted by Crippen LogP contribution is -2.24. The molecule has 0 aliphatic heterocycles. The van der Waals surface area contributed by atoms with Gasteiger partial charge in [0.15, 0.2) is 0 Å². The van der Waals surface area contributed by atoms with Gasteiger partial charge in [0, 0.05) is 18.1 Å². The third kappa shape index (κ3) is 2.93. The molecule has 72 valence electrons. The predicted molar refractivity (Wildman–Crippen MR) is 51.4 cm³/mol. The zero-order chi connectivity index (χ0) is 10.4. The van der Waals surface area contributed by atoms with Crippen molar-refractivity contribution in [3.63, 3.8) is 0 Å². The summed E-state index contributed by atoms with van der Waals surface area (Å²) in [7, 11) is 0. The first kappa shape index (κ1) is 10.9. The number of nitrogens with zero attached hydrogens (tertiary/aromatic N) is 5. The molecular weight excluding hydrogens is 222 g/mol. The Balaban J connectivity index is 2.61. The lowest BCUT2D eigenvalue weighted by molar-refractivity contribution is 0.330. The molecule has 0 fully saturated rings. The number of hydrogen-bond acceptors (Lipinski definition) is 6. The quantitative estimate of drug-likeness (QED) is 0.719. The van der Waals surface area contributed by atoms with Crippen LogP contribution in [-0.2, 0) is 6.54 Å². The van der Waals surface area contributed by atoms with Gasteiger partial charge in [0.2, 0.25) is 0 Å². The first-order valence-electron chi connectivity index (χ1n) is 3.71. The van der Waals surface area contributed by atoms with Gasteiger partial charge in [-0.05, 0) is 0 Å². The summed E-state index contributed by atoms with van der Waals surface area (Å²) in [4.78, 5) is 1.64. The first-order valence-corrected chi connectivity index (χ1v) is 4.86. The Morgan fingerprint density at radius 1 is 1.36 bits per heavy atom. The van der Waals surface area contributed by atoms with Gasteiger partial charge in [-0.15, -0.1) is 5.10 Å². The molecule has 5 nitrogen and oxygen atoms in total. The van der Waals surface area contributed by atoms with Gasteiger partial charge >= 0.3 is 0 Å². The standard InChI is InChI=1S/C7H6ClN5S/c8-7-6(11-12-14-7)5-13(3-1-9)4-2-10/h3-5H2. The van der Waals surface area contributed by atoms with Crippen molar-refractivity contribution in [2.24, 2.45) is 0 Å². The van der Waals surface area contributed by atoms with Crippen LogP contribution in [0.5, 0.6) is 0 Å². The van der Waals surface area contributed by atoms with Gasteiger partial charge in [0.05, 0.1) is 25.2 Å². The van der Waals surface area contributed by atoms with Crippen LogP contribution >= 0.6 is 23.1 Å². The topological polar surface area (TPSA) is 76.6 Å². The Kier molecular flexibility index (Phi) is 4.27. The maximum atomic E-state index is 8.49. The highest BCUT2D eigenvalue weighted by Crippen LogP contribution is 2.18. The van der Waals surface area contributed by atoms with E-state index in [0.29, 0.717) is 16.6 Å². The van der Waals surface area contributed by atoms with E-state index in [2.05, 4.69) is 9.59 Å². The van der Waals surface area contributed by atoms with E-state index in [-0.39, 0.29) is 13.1 Å².